The van der Waals surface area contributed by atoms with E-state index in [0.717, 1.165) is 6.61 Å². The first-order valence-electron chi connectivity index (χ1n) is 4.96. The molecule has 0 aromatic carbocycles. The first-order valence-corrected chi connectivity index (χ1v) is 6.49. The van der Waals surface area contributed by atoms with Crippen molar-refractivity contribution in [3.05, 3.63) is 0 Å². The Morgan fingerprint density at radius 2 is 1.33 bits per heavy atom. The van der Waals surface area contributed by atoms with Gasteiger partial charge < -0.3 is 4.74 Å². The van der Waals surface area contributed by atoms with Crippen LogP contribution in [0.1, 0.15) is 44.9 Å². The minimum absolute atomic E-state index is 0.938. The van der Waals surface area contributed by atoms with Gasteiger partial charge in [-0.05, 0) is 17.3 Å². The molecule has 0 saturated carbocycles. The van der Waals surface area contributed by atoms with Crippen LogP contribution in [0.2, 0.25) is 0 Å². The minimum atomic E-state index is 0.938. The Kier molecular flexibility index (Phi) is 12.4. The number of ether oxygens (including phenoxy) is 1. The van der Waals surface area contributed by atoms with E-state index in [1.54, 1.807) is 7.11 Å². The second-order valence-corrected chi connectivity index (χ2v) is 4.24. The second-order valence-electron chi connectivity index (χ2n) is 3.16. The van der Waals surface area contributed by atoms with Gasteiger partial charge in [0.2, 0.25) is 0 Å². The van der Waals surface area contributed by atoms with Crippen LogP contribution >= 0.6 is 22.6 Å². The van der Waals surface area contributed by atoms with Crippen LogP contribution in [0.15, 0.2) is 0 Å². The van der Waals surface area contributed by atoms with Crippen molar-refractivity contribution < 1.29 is 4.74 Å². The number of methoxy groups -OCH3 is 1. The lowest BCUT2D eigenvalue weighted by Gasteiger charge is -2.00. The predicted molar refractivity (Wildman–Crippen MR) is 63.1 cm³/mol. The summed E-state index contributed by atoms with van der Waals surface area (Å²) < 4.78 is 6.31. The summed E-state index contributed by atoms with van der Waals surface area (Å²) in [7, 11) is 1.78. The first kappa shape index (κ1) is 12.7. The van der Waals surface area contributed by atoms with E-state index >= 15 is 0 Å². The molecule has 12 heavy (non-hydrogen) atoms. The molecule has 2 heteroatoms. The quantitative estimate of drug-likeness (QED) is 0.355. The molecule has 1 nitrogen and oxygen atoms in total. The Bertz CT molecular complexity index is 66.2. The lowest BCUT2D eigenvalue weighted by molar-refractivity contribution is 0.192. The third kappa shape index (κ3) is 10.7. The number of hydrogen-bond donors (Lipinski definition) is 0. The Labute approximate surface area is 90.4 Å². The molecule has 0 aliphatic rings. The molecule has 0 aliphatic heterocycles. The number of unbranched alkanes of at least 4 members (excludes halogenated alkanes) is 6. The van der Waals surface area contributed by atoms with Crippen molar-refractivity contribution in [3.8, 4) is 0 Å². The molecule has 0 spiro atoms. The zero-order valence-corrected chi connectivity index (χ0v) is 10.3. The molecular weight excluding hydrogens is 263 g/mol. The van der Waals surface area contributed by atoms with Gasteiger partial charge in [0.15, 0.2) is 0 Å². The highest BCUT2D eigenvalue weighted by atomic mass is 127. The molecule has 0 saturated heterocycles. The summed E-state index contributed by atoms with van der Waals surface area (Å²) in [6.45, 7) is 0.938. The van der Waals surface area contributed by atoms with Crippen LogP contribution in [0.3, 0.4) is 0 Å². The summed E-state index contributed by atoms with van der Waals surface area (Å²) >= 11 is 2.45. The molecule has 0 aromatic rings. The van der Waals surface area contributed by atoms with Gasteiger partial charge in [-0.1, -0.05) is 54.7 Å². The third-order valence-corrected chi connectivity index (χ3v) is 2.74. The van der Waals surface area contributed by atoms with Crippen LogP contribution in [-0.2, 0) is 4.74 Å². The smallest absolute Gasteiger partial charge is 0.0462 e. The van der Waals surface area contributed by atoms with Crippen molar-refractivity contribution in [1.82, 2.24) is 0 Å². The number of rotatable bonds is 9. The fourth-order valence-corrected chi connectivity index (χ4v) is 1.76. The van der Waals surface area contributed by atoms with Crippen LogP contribution in [0.5, 0.6) is 0 Å². The summed E-state index contributed by atoms with van der Waals surface area (Å²) in [5, 5.41) is 0. The monoisotopic (exact) mass is 284 g/mol. The maximum Gasteiger partial charge on any atom is 0.0462 e. The molecule has 0 aromatic heterocycles. The predicted octanol–water partition coefficient (Wildman–Crippen LogP) is 3.80. The molecule has 0 aliphatic carbocycles. The lowest BCUT2D eigenvalue weighted by atomic mass is 10.1. The summed E-state index contributed by atoms with van der Waals surface area (Å²) in [4.78, 5) is 0. The summed E-state index contributed by atoms with van der Waals surface area (Å²) in [6, 6.07) is 0. The molecule has 0 amide bonds. The number of hydrogen-bond acceptors (Lipinski definition) is 1. The van der Waals surface area contributed by atoms with E-state index < -0.39 is 0 Å². The van der Waals surface area contributed by atoms with Crippen molar-refractivity contribution in [1.29, 1.82) is 0 Å². The average molecular weight is 284 g/mol. The van der Waals surface area contributed by atoms with Gasteiger partial charge >= 0.3 is 0 Å². The number of alkyl halides is 1. The first-order chi connectivity index (χ1) is 5.91. The van der Waals surface area contributed by atoms with Gasteiger partial charge in [-0.25, -0.2) is 0 Å². The molecule has 0 unspecified atom stereocenters. The molecule has 74 valence electrons. The zero-order chi connectivity index (χ0) is 9.07. The van der Waals surface area contributed by atoms with Gasteiger partial charge in [0, 0.05) is 13.7 Å². The van der Waals surface area contributed by atoms with Crippen LogP contribution in [-0.4, -0.2) is 18.1 Å². The molecule has 0 N–H and O–H groups in total. The summed E-state index contributed by atoms with van der Waals surface area (Å²) in [6.07, 6.45) is 9.65. The van der Waals surface area contributed by atoms with Gasteiger partial charge in [0.25, 0.3) is 0 Å². The van der Waals surface area contributed by atoms with Crippen LogP contribution < -0.4 is 0 Å². The van der Waals surface area contributed by atoms with Gasteiger partial charge in [-0.15, -0.1) is 0 Å². The summed E-state index contributed by atoms with van der Waals surface area (Å²) in [5.41, 5.74) is 0. The third-order valence-electron chi connectivity index (χ3n) is 1.98. The minimum Gasteiger partial charge on any atom is -0.385 e. The van der Waals surface area contributed by atoms with Crippen molar-refractivity contribution in [2.75, 3.05) is 18.1 Å². The fraction of sp³-hybridized carbons (Fsp3) is 1.00. The normalized spacial score (nSPS) is 10.5. The number of halogens is 1. The second kappa shape index (κ2) is 11.7. The zero-order valence-electron chi connectivity index (χ0n) is 8.15. The highest BCUT2D eigenvalue weighted by molar-refractivity contribution is 14.1. The van der Waals surface area contributed by atoms with Gasteiger partial charge in [0.05, 0.1) is 0 Å². The van der Waals surface area contributed by atoms with Gasteiger partial charge in [-0.3, -0.25) is 0 Å². The molecule has 0 bridgehead atoms. The Hall–Kier alpha value is 0.690. The SMILES string of the molecule is COCCCCCCCCCI. The van der Waals surface area contributed by atoms with E-state index in [2.05, 4.69) is 22.6 Å². The standard InChI is InChI=1S/C10H21IO/c1-12-10-8-6-4-2-3-5-7-9-11/h2-10H2,1H3. The largest absolute Gasteiger partial charge is 0.385 e. The van der Waals surface area contributed by atoms with Crippen molar-refractivity contribution >= 4 is 22.6 Å². The van der Waals surface area contributed by atoms with E-state index in [1.807, 2.05) is 0 Å². The molecule has 0 heterocycles. The van der Waals surface area contributed by atoms with Crippen molar-refractivity contribution in [2.45, 2.75) is 44.9 Å². The maximum absolute atomic E-state index is 4.99. The highest BCUT2D eigenvalue weighted by Gasteiger charge is 1.90. The van der Waals surface area contributed by atoms with Crippen molar-refractivity contribution in [2.24, 2.45) is 0 Å². The van der Waals surface area contributed by atoms with Gasteiger partial charge in [0.1, 0.15) is 0 Å². The van der Waals surface area contributed by atoms with Crippen LogP contribution in [0.4, 0.5) is 0 Å². The van der Waals surface area contributed by atoms with E-state index in [-0.39, 0.29) is 0 Å². The Morgan fingerprint density at radius 3 is 1.83 bits per heavy atom. The molecule has 0 fully saturated rings. The topological polar surface area (TPSA) is 9.23 Å². The maximum atomic E-state index is 4.99. The van der Waals surface area contributed by atoms with E-state index in [1.165, 1.54) is 49.4 Å². The van der Waals surface area contributed by atoms with Crippen LogP contribution in [0, 0.1) is 0 Å². The summed E-state index contributed by atoms with van der Waals surface area (Å²) in [5.74, 6) is 0. The lowest BCUT2D eigenvalue weighted by Crippen LogP contribution is -1.88. The van der Waals surface area contributed by atoms with Gasteiger partial charge in [-0.2, -0.15) is 0 Å². The van der Waals surface area contributed by atoms with Crippen molar-refractivity contribution in [3.63, 3.8) is 0 Å². The van der Waals surface area contributed by atoms with Crippen LogP contribution in [0.25, 0.3) is 0 Å². The van der Waals surface area contributed by atoms with E-state index in [9.17, 15) is 0 Å². The molecular formula is C10H21IO. The Morgan fingerprint density at radius 1 is 0.833 bits per heavy atom. The van der Waals surface area contributed by atoms with E-state index in [0.29, 0.717) is 0 Å². The molecule has 0 radical (unpaired) electrons. The highest BCUT2D eigenvalue weighted by Crippen LogP contribution is 2.07. The molecule has 0 atom stereocenters. The average Bonchev–Trinajstić information content (AvgIpc) is 2.10. The fourth-order valence-electron chi connectivity index (χ4n) is 1.22. The molecule has 0 rings (SSSR count). The van der Waals surface area contributed by atoms with E-state index in [4.69, 9.17) is 4.74 Å². The Balaban J connectivity index is 2.73.